The second-order valence-electron chi connectivity index (χ2n) is 5.76. The standard InChI is InChI=1S/C19H34O4/c1-3-5-6-7-8-9-10-13-17-23-19(21)15-12-11-14-18(20)22-16-4-2/h8-9H,3-7,10-17H2,1-2H3/b9-8+. The van der Waals surface area contributed by atoms with E-state index >= 15 is 0 Å². The Morgan fingerprint density at radius 1 is 0.696 bits per heavy atom. The Kier molecular flexibility index (Phi) is 16.1. The van der Waals surface area contributed by atoms with Crippen molar-refractivity contribution in [2.75, 3.05) is 13.2 Å². The van der Waals surface area contributed by atoms with Crippen LogP contribution in [0.2, 0.25) is 0 Å². The quantitative estimate of drug-likeness (QED) is 0.242. The van der Waals surface area contributed by atoms with Gasteiger partial charge in [-0.1, -0.05) is 38.8 Å². The molecular weight excluding hydrogens is 292 g/mol. The Bertz CT molecular complexity index is 323. The molecule has 4 heteroatoms. The molecule has 0 spiro atoms. The fourth-order valence-corrected chi connectivity index (χ4v) is 2.03. The molecule has 0 amide bonds. The first-order chi connectivity index (χ1) is 11.2. The molecular formula is C19H34O4. The molecule has 0 N–H and O–H groups in total. The summed E-state index contributed by atoms with van der Waals surface area (Å²) in [5.74, 6) is -0.343. The van der Waals surface area contributed by atoms with E-state index in [1.165, 1.54) is 19.3 Å². The van der Waals surface area contributed by atoms with E-state index in [1.54, 1.807) is 0 Å². The molecule has 0 aromatic heterocycles. The third-order valence-electron chi connectivity index (χ3n) is 3.40. The van der Waals surface area contributed by atoms with Crippen LogP contribution in [0.4, 0.5) is 0 Å². The summed E-state index contributed by atoms with van der Waals surface area (Å²) in [4.78, 5) is 22.8. The zero-order valence-corrected chi connectivity index (χ0v) is 15.0. The second kappa shape index (κ2) is 17.0. The minimum atomic E-state index is -0.175. The molecule has 0 aliphatic heterocycles. The van der Waals surface area contributed by atoms with Crippen LogP contribution in [0.15, 0.2) is 12.2 Å². The first-order valence-corrected chi connectivity index (χ1v) is 9.16. The third kappa shape index (κ3) is 16.9. The largest absolute Gasteiger partial charge is 0.466 e. The normalized spacial score (nSPS) is 10.9. The maximum atomic E-state index is 11.5. The number of hydrogen-bond acceptors (Lipinski definition) is 4. The van der Waals surface area contributed by atoms with Gasteiger partial charge in [0.05, 0.1) is 13.2 Å². The number of rotatable bonds is 15. The number of carbonyl (C=O) groups excluding carboxylic acids is 2. The van der Waals surface area contributed by atoms with E-state index in [9.17, 15) is 9.59 Å². The van der Waals surface area contributed by atoms with Crippen LogP contribution in [0.5, 0.6) is 0 Å². The van der Waals surface area contributed by atoms with E-state index in [1.807, 2.05) is 6.92 Å². The van der Waals surface area contributed by atoms with E-state index in [4.69, 9.17) is 9.47 Å². The molecule has 0 heterocycles. The number of hydrogen-bond donors (Lipinski definition) is 0. The van der Waals surface area contributed by atoms with Crippen molar-refractivity contribution in [1.82, 2.24) is 0 Å². The maximum Gasteiger partial charge on any atom is 0.305 e. The zero-order chi connectivity index (χ0) is 17.2. The van der Waals surface area contributed by atoms with Crippen molar-refractivity contribution < 1.29 is 19.1 Å². The SMILES string of the molecule is CCCCC/C=C/CCCOC(=O)CCCCC(=O)OCCC. The van der Waals surface area contributed by atoms with Crippen molar-refractivity contribution in [3.63, 3.8) is 0 Å². The summed E-state index contributed by atoms with van der Waals surface area (Å²) in [6, 6.07) is 0. The smallest absolute Gasteiger partial charge is 0.305 e. The van der Waals surface area contributed by atoms with Crippen LogP contribution < -0.4 is 0 Å². The molecule has 0 aromatic carbocycles. The zero-order valence-electron chi connectivity index (χ0n) is 15.0. The molecule has 134 valence electrons. The predicted molar refractivity (Wildman–Crippen MR) is 93.2 cm³/mol. The minimum absolute atomic E-state index is 0.168. The highest BCUT2D eigenvalue weighted by Crippen LogP contribution is 2.04. The van der Waals surface area contributed by atoms with E-state index in [-0.39, 0.29) is 11.9 Å². The van der Waals surface area contributed by atoms with Crippen LogP contribution in [-0.2, 0) is 19.1 Å². The lowest BCUT2D eigenvalue weighted by molar-refractivity contribution is -0.146. The van der Waals surface area contributed by atoms with Gasteiger partial charge in [-0.2, -0.15) is 0 Å². The number of carbonyl (C=O) groups is 2. The summed E-state index contributed by atoms with van der Waals surface area (Å²) in [6.45, 7) is 5.13. The maximum absolute atomic E-state index is 11.5. The Morgan fingerprint density at radius 3 is 1.83 bits per heavy atom. The molecule has 0 aliphatic carbocycles. The predicted octanol–water partition coefficient (Wildman–Crippen LogP) is 4.96. The Labute approximate surface area is 141 Å². The topological polar surface area (TPSA) is 52.6 Å². The highest BCUT2D eigenvalue weighted by Gasteiger charge is 2.05. The average molecular weight is 326 g/mol. The molecule has 23 heavy (non-hydrogen) atoms. The molecule has 0 atom stereocenters. The highest BCUT2D eigenvalue weighted by molar-refractivity contribution is 5.70. The van der Waals surface area contributed by atoms with Crippen LogP contribution in [-0.4, -0.2) is 25.2 Å². The van der Waals surface area contributed by atoms with Gasteiger partial charge in [-0.05, 0) is 44.9 Å². The van der Waals surface area contributed by atoms with Crippen molar-refractivity contribution in [2.45, 2.75) is 84.5 Å². The minimum Gasteiger partial charge on any atom is -0.466 e. The van der Waals surface area contributed by atoms with E-state index < -0.39 is 0 Å². The van der Waals surface area contributed by atoms with Gasteiger partial charge in [0.1, 0.15) is 0 Å². The summed E-state index contributed by atoms with van der Waals surface area (Å²) in [5, 5.41) is 0. The molecule has 0 saturated carbocycles. The highest BCUT2D eigenvalue weighted by atomic mass is 16.5. The molecule has 0 fully saturated rings. The molecule has 0 radical (unpaired) electrons. The van der Waals surface area contributed by atoms with Crippen LogP contribution >= 0.6 is 0 Å². The van der Waals surface area contributed by atoms with Gasteiger partial charge in [0, 0.05) is 12.8 Å². The van der Waals surface area contributed by atoms with Crippen LogP contribution in [0.3, 0.4) is 0 Å². The summed E-state index contributed by atoms with van der Waals surface area (Å²) >= 11 is 0. The third-order valence-corrected chi connectivity index (χ3v) is 3.40. The Hall–Kier alpha value is -1.32. The van der Waals surface area contributed by atoms with E-state index in [0.717, 1.165) is 25.7 Å². The van der Waals surface area contributed by atoms with E-state index in [0.29, 0.717) is 38.9 Å². The van der Waals surface area contributed by atoms with Crippen molar-refractivity contribution in [2.24, 2.45) is 0 Å². The number of allylic oxidation sites excluding steroid dienone is 2. The van der Waals surface area contributed by atoms with Gasteiger partial charge >= 0.3 is 11.9 Å². The van der Waals surface area contributed by atoms with Gasteiger partial charge in [0.25, 0.3) is 0 Å². The second-order valence-corrected chi connectivity index (χ2v) is 5.76. The van der Waals surface area contributed by atoms with Crippen LogP contribution in [0, 0.1) is 0 Å². The van der Waals surface area contributed by atoms with Crippen molar-refractivity contribution in [3.05, 3.63) is 12.2 Å². The fraction of sp³-hybridized carbons (Fsp3) is 0.789. The van der Waals surface area contributed by atoms with Gasteiger partial charge in [0.2, 0.25) is 0 Å². The first kappa shape index (κ1) is 21.7. The molecule has 0 unspecified atom stereocenters. The van der Waals surface area contributed by atoms with Gasteiger partial charge in [-0.3, -0.25) is 9.59 Å². The lowest BCUT2D eigenvalue weighted by Crippen LogP contribution is -2.07. The summed E-state index contributed by atoms with van der Waals surface area (Å²) < 4.78 is 10.1. The number of unbranched alkanes of at least 4 members (excludes halogenated alkanes) is 5. The molecule has 0 aromatic rings. The molecule has 0 rings (SSSR count). The van der Waals surface area contributed by atoms with Gasteiger partial charge in [-0.25, -0.2) is 0 Å². The van der Waals surface area contributed by atoms with Gasteiger partial charge < -0.3 is 9.47 Å². The average Bonchev–Trinajstić information content (AvgIpc) is 2.55. The fourth-order valence-electron chi connectivity index (χ4n) is 2.03. The molecule has 0 aliphatic rings. The monoisotopic (exact) mass is 326 g/mol. The van der Waals surface area contributed by atoms with Crippen molar-refractivity contribution in [1.29, 1.82) is 0 Å². The van der Waals surface area contributed by atoms with Crippen LogP contribution in [0.1, 0.15) is 84.5 Å². The Morgan fingerprint density at radius 2 is 1.26 bits per heavy atom. The van der Waals surface area contributed by atoms with Crippen molar-refractivity contribution in [3.8, 4) is 0 Å². The number of esters is 2. The molecule has 0 bridgehead atoms. The van der Waals surface area contributed by atoms with Crippen LogP contribution in [0.25, 0.3) is 0 Å². The summed E-state index contributed by atoms with van der Waals surface area (Å²) in [5.41, 5.74) is 0. The Balaban J connectivity index is 3.35. The van der Waals surface area contributed by atoms with Gasteiger partial charge in [-0.15, -0.1) is 0 Å². The first-order valence-electron chi connectivity index (χ1n) is 9.16. The van der Waals surface area contributed by atoms with Gasteiger partial charge in [0.15, 0.2) is 0 Å². The lowest BCUT2D eigenvalue weighted by atomic mass is 10.2. The number of ether oxygens (including phenoxy) is 2. The molecule has 4 nitrogen and oxygen atoms in total. The molecule has 0 saturated heterocycles. The lowest BCUT2D eigenvalue weighted by Gasteiger charge is -2.04. The summed E-state index contributed by atoms with van der Waals surface area (Å²) in [6.07, 6.45) is 14.1. The van der Waals surface area contributed by atoms with Crippen molar-refractivity contribution >= 4 is 11.9 Å². The van der Waals surface area contributed by atoms with E-state index in [2.05, 4.69) is 19.1 Å². The summed E-state index contributed by atoms with van der Waals surface area (Å²) in [7, 11) is 0.